The van der Waals surface area contributed by atoms with Gasteiger partial charge >= 0.3 is 6.03 Å². The Balaban J connectivity index is 2.03. The van der Waals surface area contributed by atoms with E-state index in [0.717, 1.165) is 11.3 Å². The van der Waals surface area contributed by atoms with Crippen LogP contribution in [0.15, 0.2) is 30.3 Å². The zero-order valence-corrected chi connectivity index (χ0v) is 13.3. The van der Waals surface area contributed by atoms with E-state index >= 15 is 0 Å². The topological polar surface area (TPSA) is 78.9 Å². The zero-order valence-electron chi connectivity index (χ0n) is 13.3. The lowest BCUT2D eigenvalue weighted by molar-refractivity contribution is 0.250. The number of amides is 2. The van der Waals surface area contributed by atoms with Crippen molar-refractivity contribution in [3.05, 3.63) is 41.5 Å². The van der Waals surface area contributed by atoms with Crippen molar-refractivity contribution in [3.63, 3.8) is 0 Å². The summed E-state index contributed by atoms with van der Waals surface area (Å²) in [6.07, 6.45) is 0. The second-order valence-electron chi connectivity index (χ2n) is 5.50. The number of aromatic nitrogens is 2. The molecule has 1 aromatic heterocycles. The molecule has 2 aromatic rings. The van der Waals surface area contributed by atoms with Crippen molar-refractivity contribution in [3.8, 4) is 0 Å². The van der Waals surface area contributed by atoms with Gasteiger partial charge in [0, 0.05) is 11.7 Å². The monoisotopic (exact) mass is 299 g/mol. The average molecular weight is 299 g/mol. The van der Waals surface area contributed by atoms with Crippen LogP contribution in [0.3, 0.4) is 0 Å². The largest absolute Gasteiger partial charge is 0.339 e. The highest BCUT2D eigenvalue weighted by molar-refractivity contribution is 5.88. The molecular weight excluding hydrogens is 278 g/mol. The van der Waals surface area contributed by atoms with E-state index in [4.69, 9.17) is 0 Å². The molecule has 6 nitrogen and oxygen atoms in total. The van der Waals surface area contributed by atoms with Gasteiger partial charge in [0.1, 0.15) is 0 Å². The second kappa shape index (κ2) is 6.89. The lowest BCUT2D eigenvalue weighted by Crippen LogP contribution is -2.34. The fraction of sp³-hybridized carbons (Fsp3) is 0.312. The van der Waals surface area contributed by atoms with Gasteiger partial charge in [0.25, 0.3) is 0 Å². The van der Waals surface area contributed by atoms with Gasteiger partial charge in [0.05, 0.1) is 0 Å². The van der Waals surface area contributed by atoms with Gasteiger partial charge in [0.15, 0.2) is 11.6 Å². The van der Waals surface area contributed by atoms with Crippen molar-refractivity contribution >= 4 is 23.4 Å². The van der Waals surface area contributed by atoms with Gasteiger partial charge in [-0.2, -0.15) is 0 Å². The van der Waals surface area contributed by atoms with Gasteiger partial charge in [-0.15, -0.1) is 10.2 Å². The lowest BCUT2D eigenvalue weighted by Gasteiger charge is -2.11. The normalized spacial score (nSPS) is 10.4. The molecule has 0 aliphatic heterocycles. The number of aryl methyl sites for hydroxylation is 2. The minimum Gasteiger partial charge on any atom is -0.339 e. The molecule has 116 valence electrons. The molecule has 0 aliphatic rings. The summed E-state index contributed by atoms with van der Waals surface area (Å²) in [7, 11) is 0. The third kappa shape index (κ3) is 4.44. The van der Waals surface area contributed by atoms with Crippen LogP contribution in [0.5, 0.6) is 0 Å². The van der Waals surface area contributed by atoms with Crippen LogP contribution in [0.1, 0.15) is 25.0 Å². The molecule has 6 heteroatoms. The number of anilines is 3. The number of nitrogens with zero attached hydrogens (tertiary/aromatic N) is 2. The highest BCUT2D eigenvalue weighted by Crippen LogP contribution is 2.20. The molecule has 1 heterocycles. The summed E-state index contributed by atoms with van der Waals surface area (Å²) in [4.78, 5) is 11.6. The Kier molecular flexibility index (Phi) is 4.93. The van der Waals surface area contributed by atoms with E-state index < -0.39 is 0 Å². The summed E-state index contributed by atoms with van der Waals surface area (Å²) in [5, 5.41) is 16.6. The zero-order chi connectivity index (χ0) is 16.1. The molecule has 0 unspecified atom stereocenters. The standard InChI is InChI=1S/C16H21N5O/c1-10(2)17-16(22)19-15-8-7-14(20-21-15)18-13-9-11(3)5-6-12(13)4/h5-10H,1-4H3,(H,18,20)(H2,17,19,21,22). The Morgan fingerprint density at radius 3 is 2.36 bits per heavy atom. The Hall–Kier alpha value is -2.63. The maximum atomic E-state index is 11.6. The molecule has 0 fully saturated rings. The molecule has 0 aliphatic carbocycles. The van der Waals surface area contributed by atoms with Gasteiger partial charge in [0.2, 0.25) is 0 Å². The minimum atomic E-state index is -0.292. The summed E-state index contributed by atoms with van der Waals surface area (Å²) in [5.41, 5.74) is 3.29. The highest BCUT2D eigenvalue weighted by Gasteiger charge is 2.06. The molecule has 0 radical (unpaired) electrons. The predicted octanol–water partition coefficient (Wildman–Crippen LogP) is 3.37. The van der Waals surface area contributed by atoms with Crippen LogP contribution in [-0.2, 0) is 0 Å². The number of hydrogen-bond acceptors (Lipinski definition) is 4. The van der Waals surface area contributed by atoms with E-state index in [2.05, 4.69) is 44.3 Å². The molecule has 1 aromatic carbocycles. The molecule has 2 amide bonds. The van der Waals surface area contributed by atoms with Crippen molar-refractivity contribution in [1.29, 1.82) is 0 Å². The first-order valence-electron chi connectivity index (χ1n) is 7.19. The van der Waals surface area contributed by atoms with Crippen molar-refractivity contribution < 1.29 is 4.79 Å². The summed E-state index contributed by atoms with van der Waals surface area (Å²) in [6, 6.07) is 9.43. The maximum Gasteiger partial charge on any atom is 0.320 e. The Labute approximate surface area is 130 Å². The Morgan fingerprint density at radius 1 is 1.05 bits per heavy atom. The highest BCUT2D eigenvalue weighted by atomic mass is 16.2. The SMILES string of the molecule is Cc1ccc(C)c(Nc2ccc(NC(=O)NC(C)C)nn2)c1. The van der Waals surface area contributed by atoms with Crippen LogP contribution in [0.4, 0.5) is 22.1 Å². The minimum absolute atomic E-state index is 0.0678. The molecule has 3 N–H and O–H groups in total. The number of carbonyl (C=O) groups excluding carboxylic acids is 1. The lowest BCUT2D eigenvalue weighted by atomic mass is 10.1. The van der Waals surface area contributed by atoms with E-state index in [-0.39, 0.29) is 12.1 Å². The molecule has 0 saturated heterocycles. The van der Waals surface area contributed by atoms with Crippen molar-refractivity contribution in [2.45, 2.75) is 33.7 Å². The number of urea groups is 1. The number of hydrogen-bond donors (Lipinski definition) is 3. The van der Waals surface area contributed by atoms with Gasteiger partial charge < -0.3 is 10.6 Å². The third-order valence-corrected chi connectivity index (χ3v) is 2.98. The fourth-order valence-electron chi connectivity index (χ4n) is 1.89. The summed E-state index contributed by atoms with van der Waals surface area (Å²) in [6.45, 7) is 7.85. The molecule has 2 rings (SSSR count). The van der Waals surface area contributed by atoms with E-state index in [1.54, 1.807) is 12.1 Å². The van der Waals surface area contributed by atoms with Gasteiger partial charge in [-0.25, -0.2) is 4.79 Å². The smallest absolute Gasteiger partial charge is 0.320 e. The van der Waals surface area contributed by atoms with Gasteiger partial charge in [-0.1, -0.05) is 12.1 Å². The van der Waals surface area contributed by atoms with Crippen molar-refractivity contribution in [2.75, 3.05) is 10.6 Å². The van der Waals surface area contributed by atoms with Crippen LogP contribution in [-0.4, -0.2) is 22.3 Å². The van der Waals surface area contributed by atoms with Gasteiger partial charge in [-0.3, -0.25) is 5.32 Å². The van der Waals surface area contributed by atoms with E-state index in [1.807, 2.05) is 27.7 Å². The number of nitrogens with one attached hydrogen (secondary N) is 3. The predicted molar refractivity (Wildman–Crippen MR) is 88.5 cm³/mol. The molecule has 0 bridgehead atoms. The van der Waals surface area contributed by atoms with Gasteiger partial charge in [-0.05, 0) is 57.0 Å². The van der Waals surface area contributed by atoms with E-state index in [9.17, 15) is 4.79 Å². The Morgan fingerprint density at radius 2 is 1.73 bits per heavy atom. The first-order valence-corrected chi connectivity index (χ1v) is 7.19. The third-order valence-electron chi connectivity index (χ3n) is 2.98. The van der Waals surface area contributed by atoms with E-state index in [1.165, 1.54) is 5.56 Å². The number of rotatable bonds is 4. The molecule has 0 saturated carbocycles. The summed E-state index contributed by atoms with van der Waals surface area (Å²) < 4.78 is 0. The van der Waals surface area contributed by atoms with Crippen LogP contribution < -0.4 is 16.0 Å². The van der Waals surface area contributed by atoms with Crippen LogP contribution in [0.25, 0.3) is 0 Å². The van der Waals surface area contributed by atoms with Crippen LogP contribution in [0.2, 0.25) is 0 Å². The Bertz CT molecular complexity index is 652. The first-order chi connectivity index (χ1) is 10.4. The number of benzene rings is 1. The molecule has 22 heavy (non-hydrogen) atoms. The molecule has 0 spiro atoms. The van der Waals surface area contributed by atoms with Crippen molar-refractivity contribution in [2.24, 2.45) is 0 Å². The summed E-state index contributed by atoms with van der Waals surface area (Å²) >= 11 is 0. The average Bonchev–Trinajstić information content (AvgIpc) is 2.44. The maximum absolute atomic E-state index is 11.6. The van der Waals surface area contributed by atoms with Crippen molar-refractivity contribution in [1.82, 2.24) is 15.5 Å². The second-order valence-corrected chi connectivity index (χ2v) is 5.50. The van der Waals surface area contributed by atoms with Crippen LogP contribution >= 0.6 is 0 Å². The number of carbonyl (C=O) groups is 1. The quantitative estimate of drug-likeness (QED) is 0.808. The fourth-order valence-corrected chi connectivity index (χ4v) is 1.89. The summed E-state index contributed by atoms with van der Waals surface area (Å²) in [5.74, 6) is 1.04. The first kappa shape index (κ1) is 15.8. The molecular formula is C16H21N5O. The van der Waals surface area contributed by atoms with Crippen LogP contribution in [0, 0.1) is 13.8 Å². The molecule has 0 atom stereocenters. The van der Waals surface area contributed by atoms with E-state index in [0.29, 0.717) is 11.6 Å².